The summed E-state index contributed by atoms with van der Waals surface area (Å²) in [7, 11) is -3.28. The first kappa shape index (κ1) is 15.0. The lowest BCUT2D eigenvalue weighted by Gasteiger charge is -2.36. The minimum absolute atomic E-state index is 0.458. The van der Waals surface area contributed by atoms with Crippen LogP contribution in [0.3, 0.4) is 0 Å². The van der Waals surface area contributed by atoms with Crippen molar-refractivity contribution >= 4 is 27.6 Å². The summed E-state index contributed by atoms with van der Waals surface area (Å²) in [5.74, 6) is 0.806. The van der Waals surface area contributed by atoms with Gasteiger partial charge in [-0.1, -0.05) is 17.7 Å². The van der Waals surface area contributed by atoms with Crippen molar-refractivity contribution in [2.45, 2.75) is 12.8 Å². The number of piperazine rings is 1. The Morgan fingerprint density at radius 1 is 0.952 bits per heavy atom. The molecule has 6 nitrogen and oxygen atoms in total. The number of halogens is 1. The molecule has 0 atom stereocenters. The predicted molar refractivity (Wildman–Crippen MR) is 82.8 cm³/mol. The van der Waals surface area contributed by atoms with E-state index in [0.29, 0.717) is 44.4 Å². The molecule has 2 aliphatic heterocycles. The van der Waals surface area contributed by atoms with Gasteiger partial charge in [-0.15, -0.1) is 0 Å². The van der Waals surface area contributed by atoms with Crippen molar-refractivity contribution in [2.24, 2.45) is 0 Å². The molecule has 0 aromatic carbocycles. The van der Waals surface area contributed by atoms with Crippen molar-refractivity contribution in [3.8, 4) is 0 Å². The molecule has 8 heteroatoms. The Morgan fingerprint density at radius 3 is 2.19 bits per heavy atom. The molecule has 0 saturated carbocycles. The van der Waals surface area contributed by atoms with Crippen LogP contribution in [-0.2, 0) is 10.2 Å². The average Bonchev–Trinajstić information content (AvgIpc) is 3.02. The van der Waals surface area contributed by atoms with Crippen LogP contribution in [0, 0.1) is 0 Å². The molecule has 1 aromatic rings. The molecular weight excluding hydrogens is 312 g/mol. The number of aromatic nitrogens is 1. The third-order valence-electron chi connectivity index (χ3n) is 3.98. The summed E-state index contributed by atoms with van der Waals surface area (Å²) >= 11 is 5.90. The SMILES string of the molecule is O=S(=O)(N1CCCC1)N1CCN(c2cccc(Cl)n2)CC1. The first-order chi connectivity index (χ1) is 10.1. The van der Waals surface area contributed by atoms with E-state index >= 15 is 0 Å². The molecule has 0 radical (unpaired) electrons. The quantitative estimate of drug-likeness (QED) is 0.781. The summed E-state index contributed by atoms with van der Waals surface area (Å²) < 4.78 is 28.1. The lowest BCUT2D eigenvalue weighted by atomic mass is 10.3. The second-order valence-electron chi connectivity index (χ2n) is 5.32. The fourth-order valence-electron chi connectivity index (χ4n) is 2.80. The molecule has 0 spiro atoms. The van der Waals surface area contributed by atoms with E-state index in [-0.39, 0.29) is 0 Å². The van der Waals surface area contributed by atoms with Gasteiger partial charge in [-0.05, 0) is 25.0 Å². The maximum atomic E-state index is 12.5. The average molecular weight is 331 g/mol. The molecule has 0 bridgehead atoms. The van der Waals surface area contributed by atoms with Crippen LogP contribution in [0.5, 0.6) is 0 Å². The van der Waals surface area contributed by atoms with Gasteiger partial charge in [0.2, 0.25) is 0 Å². The lowest BCUT2D eigenvalue weighted by Crippen LogP contribution is -2.52. The number of rotatable bonds is 3. The van der Waals surface area contributed by atoms with E-state index in [0.717, 1.165) is 18.7 Å². The van der Waals surface area contributed by atoms with Crippen molar-refractivity contribution < 1.29 is 8.42 Å². The van der Waals surface area contributed by atoms with E-state index in [4.69, 9.17) is 11.6 Å². The van der Waals surface area contributed by atoms with Crippen LogP contribution in [0.15, 0.2) is 18.2 Å². The van der Waals surface area contributed by atoms with E-state index in [2.05, 4.69) is 9.88 Å². The first-order valence-corrected chi connectivity index (χ1v) is 8.97. The standard InChI is InChI=1S/C13H19ClN4O2S/c14-12-4-3-5-13(15-12)16-8-10-18(11-9-16)21(19,20)17-6-1-2-7-17/h3-5H,1-2,6-11H2. The Labute approximate surface area is 130 Å². The first-order valence-electron chi connectivity index (χ1n) is 7.20. The fourth-order valence-corrected chi connectivity index (χ4v) is 4.63. The summed E-state index contributed by atoms with van der Waals surface area (Å²) in [6.45, 7) is 3.57. The van der Waals surface area contributed by atoms with Gasteiger partial charge < -0.3 is 4.90 Å². The fraction of sp³-hybridized carbons (Fsp3) is 0.615. The van der Waals surface area contributed by atoms with Crippen molar-refractivity contribution in [1.82, 2.24) is 13.6 Å². The van der Waals surface area contributed by atoms with Gasteiger partial charge in [0.1, 0.15) is 11.0 Å². The van der Waals surface area contributed by atoms with Crippen LogP contribution in [0.4, 0.5) is 5.82 Å². The Hall–Kier alpha value is -0.890. The number of hydrogen-bond acceptors (Lipinski definition) is 4. The zero-order valence-corrected chi connectivity index (χ0v) is 13.4. The summed E-state index contributed by atoms with van der Waals surface area (Å²) in [6.07, 6.45) is 1.93. The summed E-state index contributed by atoms with van der Waals surface area (Å²) in [5, 5.41) is 0.458. The second-order valence-corrected chi connectivity index (χ2v) is 7.63. The van der Waals surface area contributed by atoms with Crippen LogP contribution < -0.4 is 4.90 Å². The molecule has 0 N–H and O–H groups in total. The van der Waals surface area contributed by atoms with Crippen LogP contribution in [-0.4, -0.2) is 61.3 Å². The monoisotopic (exact) mass is 330 g/mol. The highest BCUT2D eigenvalue weighted by molar-refractivity contribution is 7.86. The lowest BCUT2D eigenvalue weighted by molar-refractivity contribution is 0.343. The van der Waals surface area contributed by atoms with Crippen LogP contribution >= 0.6 is 11.6 Å². The van der Waals surface area contributed by atoms with Crippen LogP contribution in [0.1, 0.15) is 12.8 Å². The summed E-state index contributed by atoms with van der Waals surface area (Å²) in [4.78, 5) is 6.35. The molecule has 21 heavy (non-hydrogen) atoms. The van der Waals surface area contributed by atoms with Crippen LogP contribution in [0.25, 0.3) is 0 Å². The minimum Gasteiger partial charge on any atom is -0.354 e. The third-order valence-corrected chi connectivity index (χ3v) is 6.23. The van der Waals surface area contributed by atoms with Gasteiger partial charge in [-0.3, -0.25) is 0 Å². The number of nitrogens with zero attached hydrogens (tertiary/aromatic N) is 4. The van der Waals surface area contributed by atoms with E-state index in [9.17, 15) is 8.42 Å². The van der Waals surface area contributed by atoms with Gasteiger partial charge in [0.15, 0.2) is 0 Å². The second kappa shape index (κ2) is 6.08. The van der Waals surface area contributed by atoms with E-state index in [1.54, 1.807) is 14.7 Å². The van der Waals surface area contributed by atoms with E-state index < -0.39 is 10.2 Å². The number of anilines is 1. The molecule has 116 valence electrons. The third kappa shape index (κ3) is 3.15. The summed E-state index contributed by atoms with van der Waals surface area (Å²) in [6, 6.07) is 5.49. The van der Waals surface area contributed by atoms with E-state index in [1.807, 2.05) is 12.1 Å². The van der Waals surface area contributed by atoms with Gasteiger partial charge in [0.05, 0.1) is 0 Å². The zero-order valence-electron chi connectivity index (χ0n) is 11.8. The van der Waals surface area contributed by atoms with Crippen molar-refractivity contribution in [3.63, 3.8) is 0 Å². The highest BCUT2D eigenvalue weighted by Crippen LogP contribution is 2.21. The molecule has 0 aliphatic carbocycles. The molecule has 0 amide bonds. The van der Waals surface area contributed by atoms with Crippen molar-refractivity contribution in [2.75, 3.05) is 44.2 Å². The molecule has 0 unspecified atom stereocenters. The highest BCUT2D eigenvalue weighted by Gasteiger charge is 2.33. The predicted octanol–water partition coefficient (Wildman–Crippen LogP) is 1.20. The molecule has 3 rings (SSSR count). The Bertz CT molecular complexity index is 596. The molecule has 1 aromatic heterocycles. The molecule has 2 saturated heterocycles. The smallest absolute Gasteiger partial charge is 0.282 e. The molecule has 2 fully saturated rings. The summed E-state index contributed by atoms with van der Waals surface area (Å²) in [5.41, 5.74) is 0. The molecule has 2 aliphatic rings. The van der Waals surface area contributed by atoms with Gasteiger partial charge >= 0.3 is 0 Å². The minimum atomic E-state index is -3.28. The van der Waals surface area contributed by atoms with Gasteiger partial charge in [0, 0.05) is 39.3 Å². The zero-order chi connectivity index (χ0) is 14.9. The molecule has 3 heterocycles. The topological polar surface area (TPSA) is 56.8 Å². The largest absolute Gasteiger partial charge is 0.354 e. The normalized spacial score (nSPS) is 21.9. The van der Waals surface area contributed by atoms with Gasteiger partial charge in [-0.2, -0.15) is 17.0 Å². The Balaban J connectivity index is 1.65. The van der Waals surface area contributed by atoms with Gasteiger partial charge in [-0.25, -0.2) is 4.98 Å². The maximum absolute atomic E-state index is 12.5. The Kier molecular flexibility index (Phi) is 4.35. The highest BCUT2D eigenvalue weighted by atomic mass is 35.5. The number of pyridine rings is 1. The molecular formula is C13H19ClN4O2S. The van der Waals surface area contributed by atoms with Gasteiger partial charge in [0.25, 0.3) is 10.2 Å². The van der Waals surface area contributed by atoms with Crippen LogP contribution in [0.2, 0.25) is 5.15 Å². The Morgan fingerprint density at radius 2 is 1.57 bits per heavy atom. The maximum Gasteiger partial charge on any atom is 0.282 e. The van der Waals surface area contributed by atoms with Crippen molar-refractivity contribution in [3.05, 3.63) is 23.4 Å². The van der Waals surface area contributed by atoms with Crippen molar-refractivity contribution in [1.29, 1.82) is 0 Å². The number of hydrogen-bond donors (Lipinski definition) is 0. The van der Waals surface area contributed by atoms with E-state index in [1.165, 1.54) is 0 Å².